The van der Waals surface area contributed by atoms with E-state index in [1.165, 1.54) is 11.9 Å². The van der Waals surface area contributed by atoms with Crippen LogP contribution >= 0.6 is 0 Å². The molecule has 1 aromatic carbocycles. The molecule has 2 aromatic heterocycles. The molecule has 6 nitrogen and oxygen atoms in total. The molecule has 0 unspecified atom stereocenters. The molecule has 0 fully saturated rings. The van der Waals surface area contributed by atoms with E-state index in [1.807, 2.05) is 6.07 Å². The Morgan fingerprint density at radius 3 is 3.00 bits per heavy atom. The van der Waals surface area contributed by atoms with Crippen LogP contribution in [-0.2, 0) is 0 Å². The van der Waals surface area contributed by atoms with Crippen molar-refractivity contribution in [2.45, 2.75) is 0 Å². The highest BCUT2D eigenvalue weighted by Gasteiger charge is 2.06. The predicted molar refractivity (Wildman–Crippen MR) is 82.1 cm³/mol. The lowest BCUT2D eigenvalue weighted by Crippen LogP contribution is -1.96. The number of fused-ring (bicyclic) bond motifs is 1. The van der Waals surface area contributed by atoms with E-state index in [-0.39, 0.29) is 12.4 Å². The maximum Gasteiger partial charge on any atom is 0.167 e. The summed E-state index contributed by atoms with van der Waals surface area (Å²) in [5.74, 6) is 6.25. The van der Waals surface area contributed by atoms with Crippen molar-refractivity contribution in [2.24, 2.45) is 0 Å². The lowest BCUT2D eigenvalue weighted by molar-refractivity contribution is 0.369. The van der Waals surface area contributed by atoms with E-state index in [9.17, 15) is 4.48 Å². The normalized spacial score (nSPS) is 9.74. The number of aromatic nitrogens is 3. The number of para-hydroxylation sites is 1. The topological polar surface area (TPSA) is 86.6 Å². The second-order valence-electron chi connectivity index (χ2n) is 4.46. The number of H-pyrrole nitrogens is 1. The number of anilines is 1. The summed E-state index contributed by atoms with van der Waals surface area (Å²) in [4.78, 5) is 10.7. The Bertz CT molecular complexity index is 948. The summed E-state index contributed by atoms with van der Waals surface area (Å²) in [7, 11) is 0. The van der Waals surface area contributed by atoms with Gasteiger partial charge in [-0.2, -0.15) is 5.26 Å². The molecule has 2 heterocycles. The minimum Gasteiger partial charge on any atom is -0.480 e. The second-order valence-corrected chi connectivity index (χ2v) is 4.46. The number of halogens is 1. The highest BCUT2D eigenvalue weighted by Crippen LogP contribution is 2.19. The number of benzene rings is 1. The summed E-state index contributed by atoms with van der Waals surface area (Å²) in [5, 5.41) is 9.47. The number of nitrogens with one attached hydrogen (secondary N) is 2. The lowest BCUT2D eigenvalue weighted by Gasteiger charge is -2.02. The van der Waals surface area contributed by atoms with E-state index in [0.29, 0.717) is 28.0 Å². The number of rotatable bonds is 3. The van der Waals surface area contributed by atoms with Gasteiger partial charge >= 0.3 is 0 Å². The van der Waals surface area contributed by atoms with Crippen molar-refractivity contribution < 1.29 is 9.22 Å². The molecule has 0 spiro atoms. The average Bonchev–Trinajstić information content (AvgIpc) is 3.02. The van der Waals surface area contributed by atoms with Gasteiger partial charge in [0.2, 0.25) is 0 Å². The van der Waals surface area contributed by atoms with Gasteiger partial charge in [-0.25, -0.2) is 15.5 Å². The summed E-state index contributed by atoms with van der Waals surface area (Å²) in [6.07, 6.45) is 1.25. The van der Waals surface area contributed by atoms with Gasteiger partial charge in [0.25, 0.3) is 0 Å². The molecular formula is C16H10FN5O. The highest BCUT2D eigenvalue weighted by molar-refractivity contribution is 5.87. The molecule has 3 rings (SSSR count). The van der Waals surface area contributed by atoms with Gasteiger partial charge in [-0.3, -0.25) is 0 Å². The standard InChI is InChI=1S/C16H10FN5O/c17-22-16-13-8-12(21-15(13)19-10-20-16)5-3-7-23-14-6-2-1-4-11(14)9-18/h1-2,4,6,8,10H,7H2,(H2,19,20,21,22). The first kappa shape index (κ1) is 14.4. The molecule has 0 aliphatic carbocycles. The van der Waals surface area contributed by atoms with Crippen molar-refractivity contribution in [3.05, 3.63) is 47.9 Å². The number of hydrogen-bond donors (Lipinski definition) is 2. The third-order valence-electron chi connectivity index (χ3n) is 3.05. The van der Waals surface area contributed by atoms with E-state index in [0.717, 1.165) is 0 Å². The van der Waals surface area contributed by atoms with E-state index in [4.69, 9.17) is 10.00 Å². The van der Waals surface area contributed by atoms with Crippen molar-refractivity contribution in [1.82, 2.24) is 15.0 Å². The van der Waals surface area contributed by atoms with Crippen LogP contribution in [0, 0.1) is 23.2 Å². The van der Waals surface area contributed by atoms with Gasteiger partial charge in [0, 0.05) is 0 Å². The van der Waals surface area contributed by atoms with Gasteiger partial charge < -0.3 is 9.72 Å². The number of nitriles is 1. The Kier molecular flexibility index (Phi) is 4.03. The first-order chi connectivity index (χ1) is 11.3. The zero-order valence-corrected chi connectivity index (χ0v) is 11.8. The Balaban J connectivity index is 1.74. The fourth-order valence-electron chi connectivity index (χ4n) is 2.01. The van der Waals surface area contributed by atoms with Crippen molar-refractivity contribution in [2.75, 3.05) is 12.1 Å². The third kappa shape index (κ3) is 3.04. The van der Waals surface area contributed by atoms with Crippen LogP contribution < -0.4 is 10.3 Å². The summed E-state index contributed by atoms with van der Waals surface area (Å²) in [6, 6.07) is 10.6. The first-order valence-electron chi connectivity index (χ1n) is 6.63. The van der Waals surface area contributed by atoms with Gasteiger partial charge in [0.05, 0.1) is 16.6 Å². The van der Waals surface area contributed by atoms with Gasteiger partial charge in [-0.05, 0) is 24.1 Å². The van der Waals surface area contributed by atoms with Crippen molar-refractivity contribution in [3.8, 4) is 23.7 Å². The van der Waals surface area contributed by atoms with Crippen LogP contribution in [0.3, 0.4) is 0 Å². The van der Waals surface area contributed by atoms with E-state index in [1.54, 1.807) is 30.3 Å². The molecule has 0 saturated carbocycles. The Morgan fingerprint density at radius 1 is 1.30 bits per heavy atom. The van der Waals surface area contributed by atoms with E-state index < -0.39 is 0 Å². The van der Waals surface area contributed by atoms with Crippen LogP contribution in [0.15, 0.2) is 36.7 Å². The van der Waals surface area contributed by atoms with Crippen LogP contribution in [0.4, 0.5) is 10.3 Å². The average molecular weight is 307 g/mol. The molecule has 23 heavy (non-hydrogen) atoms. The number of hydrogen-bond acceptors (Lipinski definition) is 5. The monoisotopic (exact) mass is 307 g/mol. The summed E-state index contributed by atoms with van der Waals surface area (Å²) in [6.45, 7) is 0.119. The summed E-state index contributed by atoms with van der Waals surface area (Å²) >= 11 is 0. The molecular weight excluding hydrogens is 297 g/mol. The SMILES string of the molecule is N#Cc1ccccc1OCC#Cc1cc2c(NF)ncnc2[nH]1. The molecule has 0 amide bonds. The second kappa shape index (κ2) is 6.46. The van der Waals surface area contributed by atoms with Crippen LogP contribution in [0.1, 0.15) is 11.3 Å². The number of ether oxygens (including phenoxy) is 1. The van der Waals surface area contributed by atoms with Gasteiger partial charge in [-0.15, -0.1) is 4.48 Å². The maximum absolute atomic E-state index is 12.6. The zero-order chi connectivity index (χ0) is 16.1. The quantitative estimate of drug-likeness (QED) is 0.573. The molecule has 7 heteroatoms. The van der Waals surface area contributed by atoms with Gasteiger partial charge in [0.1, 0.15) is 30.4 Å². The summed E-state index contributed by atoms with van der Waals surface area (Å²) in [5.41, 5.74) is 3.01. The minimum atomic E-state index is 0.0819. The molecule has 0 aliphatic heterocycles. The Morgan fingerprint density at radius 2 is 2.17 bits per heavy atom. The first-order valence-corrected chi connectivity index (χ1v) is 6.63. The van der Waals surface area contributed by atoms with Crippen molar-refractivity contribution >= 4 is 16.9 Å². The van der Waals surface area contributed by atoms with Crippen LogP contribution in [-0.4, -0.2) is 21.6 Å². The van der Waals surface area contributed by atoms with Crippen LogP contribution in [0.25, 0.3) is 11.0 Å². The zero-order valence-electron chi connectivity index (χ0n) is 11.8. The smallest absolute Gasteiger partial charge is 0.167 e. The largest absolute Gasteiger partial charge is 0.480 e. The molecule has 2 N–H and O–H groups in total. The molecule has 112 valence electrons. The molecule has 3 aromatic rings. The fraction of sp³-hybridized carbons (Fsp3) is 0.0625. The number of aromatic amines is 1. The van der Waals surface area contributed by atoms with Crippen molar-refractivity contribution in [3.63, 3.8) is 0 Å². The Hall–Kier alpha value is -3.58. The van der Waals surface area contributed by atoms with E-state index >= 15 is 0 Å². The Labute approximate surface area is 130 Å². The molecule has 0 radical (unpaired) electrons. The minimum absolute atomic E-state index is 0.0819. The lowest BCUT2D eigenvalue weighted by atomic mass is 10.2. The number of nitrogens with zero attached hydrogens (tertiary/aromatic N) is 3. The highest BCUT2D eigenvalue weighted by atomic mass is 19.2. The molecule has 0 bridgehead atoms. The maximum atomic E-state index is 12.6. The van der Waals surface area contributed by atoms with Gasteiger partial charge in [-0.1, -0.05) is 18.1 Å². The molecule has 0 atom stereocenters. The third-order valence-corrected chi connectivity index (χ3v) is 3.05. The van der Waals surface area contributed by atoms with Crippen LogP contribution in [0.5, 0.6) is 5.75 Å². The summed E-state index contributed by atoms with van der Waals surface area (Å²) < 4.78 is 18.1. The molecule has 0 aliphatic rings. The van der Waals surface area contributed by atoms with E-state index in [2.05, 4.69) is 26.8 Å². The fourth-order valence-corrected chi connectivity index (χ4v) is 2.01. The van der Waals surface area contributed by atoms with Crippen LogP contribution in [0.2, 0.25) is 0 Å². The van der Waals surface area contributed by atoms with Gasteiger partial charge in [0.15, 0.2) is 5.82 Å². The van der Waals surface area contributed by atoms with Crippen molar-refractivity contribution in [1.29, 1.82) is 5.26 Å². The molecule has 0 saturated heterocycles. The predicted octanol–water partition coefficient (Wildman–Crippen LogP) is 2.56.